The van der Waals surface area contributed by atoms with Gasteiger partial charge in [-0.05, 0) is 53.1 Å². The molecule has 0 saturated carbocycles. The summed E-state index contributed by atoms with van der Waals surface area (Å²) in [5.74, 6) is 1.35. The lowest BCUT2D eigenvalue weighted by Crippen LogP contribution is -2.27. The molecule has 2 rings (SSSR count). The van der Waals surface area contributed by atoms with E-state index < -0.39 is 0 Å². The summed E-state index contributed by atoms with van der Waals surface area (Å²) >= 11 is 8.77. The summed E-state index contributed by atoms with van der Waals surface area (Å²) in [6.07, 6.45) is 9.01. The van der Waals surface area contributed by atoms with Crippen LogP contribution in [0.5, 0.6) is 11.5 Å². The van der Waals surface area contributed by atoms with Crippen molar-refractivity contribution in [2.24, 2.45) is 0 Å². The van der Waals surface area contributed by atoms with Crippen LogP contribution in [0.3, 0.4) is 0 Å². The van der Waals surface area contributed by atoms with E-state index in [0.717, 1.165) is 22.3 Å². The normalized spacial score (nSPS) is 13.4. The van der Waals surface area contributed by atoms with Gasteiger partial charge >= 0.3 is 0 Å². The zero-order valence-corrected chi connectivity index (χ0v) is 14.2. The van der Waals surface area contributed by atoms with E-state index in [4.69, 9.17) is 21.7 Å². The standard InChI is InChI=1S/C15H16BrN2O2S/c1-19-13-9-14(20-2)12(8-11(13)16)18-15(21)17-10-6-4-3-5-7-10/h3-4,6-9H,5H2,1-2H3,(H2,17,18,21). The Labute approximate surface area is 138 Å². The molecule has 0 spiro atoms. The zero-order valence-electron chi connectivity index (χ0n) is 11.8. The molecule has 21 heavy (non-hydrogen) atoms. The van der Waals surface area contributed by atoms with Crippen LogP contribution in [0.25, 0.3) is 0 Å². The van der Waals surface area contributed by atoms with Gasteiger partial charge in [-0.25, -0.2) is 0 Å². The van der Waals surface area contributed by atoms with E-state index in [1.807, 2.05) is 18.2 Å². The number of benzene rings is 1. The van der Waals surface area contributed by atoms with Crippen molar-refractivity contribution in [3.05, 3.63) is 47.0 Å². The molecule has 2 N–H and O–H groups in total. The maximum Gasteiger partial charge on any atom is 0.175 e. The molecule has 0 aromatic heterocycles. The van der Waals surface area contributed by atoms with E-state index in [1.165, 1.54) is 0 Å². The molecule has 0 fully saturated rings. The van der Waals surface area contributed by atoms with Gasteiger partial charge in [-0.15, -0.1) is 0 Å². The van der Waals surface area contributed by atoms with Crippen LogP contribution in [0.15, 0.2) is 40.5 Å². The average Bonchev–Trinajstić information content (AvgIpc) is 2.48. The Bertz CT molecular complexity index is 600. The maximum absolute atomic E-state index is 5.35. The maximum atomic E-state index is 5.35. The van der Waals surface area contributed by atoms with Crippen LogP contribution < -0.4 is 20.1 Å². The summed E-state index contributed by atoms with van der Waals surface area (Å²) < 4.78 is 11.4. The number of hydrogen-bond donors (Lipinski definition) is 2. The number of allylic oxidation sites excluding steroid dienone is 3. The highest BCUT2D eigenvalue weighted by Gasteiger charge is 2.11. The van der Waals surface area contributed by atoms with E-state index in [-0.39, 0.29) is 0 Å². The van der Waals surface area contributed by atoms with Gasteiger partial charge in [0.15, 0.2) is 5.11 Å². The monoisotopic (exact) mass is 367 g/mol. The van der Waals surface area contributed by atoms with Gasteiger partial charge in [-0.1, -0.05) is 12.2 Å². The molecule has 1 aromatic carbocycles. The first-order valence-electron chi connectivity index (χ1n) is 6.33. The number of methoxy groups -OCH3 is 2. The van der Waals surface area contributed by atoms with Crippen LogP contribution >= 0.6 is 28.1 Å². The number of anilines is 1. The van der Waals surface area contributed by atoms with Crippen molar-refractivity contribution in [1.29, 1.82) is 0 Å². The lowest BCUT2D eigenvalue weighted by atomic mass is 10.1. The van der Waals surface area contributed by atoms with Gasteiger partial charge in [0.05, 0.1) is 24.4 Å². The molecule has 1 radical (unpaired) electrons. The minimum atomic E-state index is 0.503. The Kier molecular flexibility index (Phi) is 5.64. The molecule has 0 heterocycles. The fourth-order valence-corrected chi connectivity index (χ4v) is 2.58. The summed E-state index contributed by atoms with van der Waals surface area (Å²) in [5, 5.41) is 6.77. The number of hydrogen-bond acceptors (Lipinski definition) is 3. The minimum Gasteiger partial charge on any atom is -0.495 e. The Hall–Kier alpha value is -1.53. The van der Waals surface area contributed by atoms with Crippen molar-refractivity contribution in [2.45, 2.75) is 6.42 Å². The smallest absolute Gasteiger partial charge is 0.175 e. The van der Waals surface area contributed by atoms with Gasteiger partial charge in [-0.2, -0.15) is 0 Å². The summed E-state index contributed by atoms with van der Waals surface area (Å²) in [6, 6.07) is 3.66. The molecule has 111 valence electrons. The van der Waals surface area contributed by atoms with Crippen LogP contribution in [0.2, 0.25) is 0 Å². The van der Waals surface area contributed by atoms with Gasteiger partial charge in [-0.3, -0.25) is 0 Å². The first-order valence-corrected chi connectivity index (χ1v) is 7.53. The molecule has 0 amide bonds. The van der Waals surface area contributed by atoms with Crippen LogP contribution in [-0.2, 0) is 0 Å². The van der Waals surface area contributed by atoms with E-state index in [2.05, 4.69) is 39.1 Å². The highest BCUT2D eigenvalue weighted by molar-refractivity contribution is 9.10. The van der Waals surface area contributed by atoms with E-state index in [0.29, 0.717) is 16.6 Å². The predicted octanol–water partition coefficient (Wildman–Crippen LogP) is 3.80. The molecule has 6 heteroatoms. The number of halogens is 1. The molecule has 4 nitrogen and oxygen atoms in total. The van der Waals surface area contributed by atoms with Crippen molar-refractivity contribution in [3.63, 3.8) is 0 Å². The van der Waals surface area contributed by atoms with E-state index >= 15 is 0 Å². The molecular weight excluding hydrogens is 352 g/mol. The van der Waals surface area contributed by atoms with E-state index in [9.17, 15) is 0 Å². The number of thiocarbonyl (C=S) groups is 1. The molecule has 0 unspecified atom stereocenters. The van der Waals surface area contributed by atoms with Crippen molar-refractivity contribution in [2.75, 3.05) is 19.5 Å². The third-order valence-electron chi connectivity index (χ3n) is 2.87. The number of ether oxygens (including phenoxy) is 2. The second kappa shape index (κ2) is 7.47. The lowest BCUT2D eigenvalue weighted by molar-refractivity contribution is 0.394. The predicted molar refractivity (Wildman–Crippen MR) is 92.7 cm³/mol. The largest absolute Gasteiger partial charge is 0.495 e. The Morgan fingerprint density at radius 1 is 1.19 bits per heavy atom. The third kappa shape index (κ3) is 4.22. The average molecular weight is 368 g/mol. The van der Waals surface area contributed by atoms with Gasteiger partial charge in [0, 0.05) is 11.8 Å². The first kappa shape index (κ1) is 15.9. The molecule has 0 aliphatic heterocycles. The highest BCUT2D eigenvalue weighted by Crippen LogP contribution is 2.36. The van der Waals surface area contributed by atoms with Gasteiger partial charge in [0.1, 0.15) is 11.5 Å². The first-order chi connectivity index (χ1) is 10.1. The van der Waals surface area contributed by atoms with Gasteiger partial charge in [0.2, 0.25) is 0 Å². The summed E-state index contributed by atoms with van der Waals surface area (Å²) in [5.41, 5.74) is 1.73. The number of nitrogens with one attached hydrogen (secondary N) is 2. The summed E-state index contributed by atoms with van der Waals surface area (Å²) in [6.45, 7) is 0. The van der Waals surface area contributed by atoms with Crippen molar-refractivity contribution >= 4 is 38.9 Å². The van der Waals surface area contributed by atoms with Crippen molar-refractivity contribution in [3.8, 4) is 11.5 Å². The topological polar surface area (TPSA) is 42.5 Å². The van der Waals surface area contributed by atoms with Crippen LogP contribution in [0, 0.1) is 6.42 Å². The molecule has 1 aliphatic carbocycles. The van der Waals surface area contributed by atoms with Gasteiger partial charge in [0.25, 0.3) is 0 Å². The summed E-state index contributed by atoms with van der Waals surface area (Å²) in [7, 11) is 3.21. The number of rotatable bonds is 4. The van der Waals surface area contributed by atoms with Crippen LogP contribution in [-0.4, -0.2) is 19.3 Å². The summed E-state index contributed by atoms with van der Waals surface area (Å²) in [4.78, 5) is 0. The fraction of sp³-hybridized carbons (Fsp3) is 0.200. The van der Waals surface area contributed by atoms with E-state index in [1.54, 1.807) is 20.3 Å². The highest BCUT2D eigenvalue weighted by atomic mass is 79.9. The minimum absolute atomic E-state index is 0.503. The fourth-order valence-electron chi connectivity index (χ4n) is 1.85. The molecular formula is C15H16BrN2O2S. The van der Waals surface area contributed by atoms with Crippen LogP contribution in [0.4, 0.5) is 5.69 Å². The third-order valence-corrected chi connectivity index (χ3v) is 3.69. The SMILES string of the molecule is COc1cc(OC)c(NC(=S)NC2=CC[CH]C=C2)cc1Br. The Morgan fingerprint density at radius 3 is 2.57 bits per heavy atom. The molecule has 0 saturated heterocycles. The second-order valence-corrected chi connectivity index (χ2v) is 5.52. The second-order valence-electron chi connectivity index (χ2n) is 4.26. The Morgan fingerprint density at radius 2 is 1.95 bits per heavy atom. The molecule has 1 aromatic rings. The molecule has 0 bridgehead atoms. The lowest BCUT2D eigenvalue weighted by Gasteiger charge is -2.16. The molecule has 0 atom stereocenters. The Balaban J connectivity index is 2.11. The van der Waals surface area contributed by atoms with Crippen LogP contribution in [0.1, 0.15) is 6.42 Å². The van der Waals surface area contributed by atoms with Crippen molar-refractivity contribution < 1.29 is 9.47 Å². The molecule has 1 aliphatic rings. The quantitative estimate of drug-likeness (QED) is 0.792. The van der Waals surface area contributed by atoms with Gasteiger partial charge < -0.3 is 20.1 Å². The van der Waals surface area contributed by atoms with Crippen molar-refractivity contribution in [1.82, 2.24) is 5.32 Å². The zero-order chi connectivity index (χ0) is 15.2.